The number of aliphatic carboxylic acids is 1. The van der Waals surface area contributed by atoms with E-state index in [1.807, 2.05) is 31.2 Å². The van der Waals surface area contributed by atoms with Crippen molar-refractivity contribution in [3.05, 3.63) is 65.2 Å². The van der Waals surface area contributed by atoms with Crippen molar-refractivity contribution in [2.24, 2.45) is 5.92 Å². The molecule has 0 aromatic heterocycles. The fraction of sp³-hybridized carbons (Fsp3) is 0.318. The van der Waals surface area contributed by atoms with Crippen LogP contribution in [-0.2, 0) is 16.0 Å². The van der Waals surface area contributed by atoms with Gasteiger partial charge in [-0.1, -0.05) is 29.8 Å². The van der Waals surface area contributed by atoms with Crippen LogP contribution in [0.4, 0.5) is 0 Å². The van der Waals surface area contributed by atoms with E-state index in [0.717, 1.165) is 11.1 Å². The number of benzene rings is 2. The lowest BCUT2D eigenvalue weighted by molar-refractivity contribution is -0.141. The monoisotopic (exact) mass is 383 g/mol. The molecule has 0 fully saturated rings. The summed E-state index contributed by atoms with van der Waals surface area (Å²) < 4.78 is 5.05. The van der Waals surface area contributed by atoms with Crippen LogP contribution in [-0.4, -0.2) is 36.4 Å². The number of ketones is 1. The second-order valence-corrected chi connectivity index (χ2v) is 6.68. The lowest BCUT2D eigenvalue weighted by Gasteiger charge is -2.14. The average molecular weight is 383 g/mol. The molecule has 6 heteroatoms. The summed E-state index contributed by atoms with van der Waals surface area (Å²) in [5.74, 6) is -1.51. The highest BCUT2D eigenvalue weighted by Crippen LogP contribution is 2.14. The summed E-state index contributed by atoms with van der Waals surface area (Å²) >= 11 is 0. The van der Waals surface area contributed by atoms with Gasteiger partial charge in [-0.25, -0.2) is 0 Å². The molecule has 0 saturated carbocycles. The van der Waals surface area contributed by atoms with Crippen molar-refractivity contribution in [1.82, 2.24) is 5.32 Å². The van der Waals surface area contributed by atoms with Crippen molar-refractivity contribution in [3.8, 4) is 5.75 Å². The normalized spacial score (nSPS) is 11.5. The van der Waals surface area contributed by atoms with Gasteiger partial charge >= 0.3 is 5.97 Å². The van der Waals surface area contributed by atoms with Crippen LogP contribution in [0.3, 0.4) is 0 Å². The molecule has 148 valence electrons. The van der Waals surface area contributed by atoms with E-state index in [0.29, 0.717) is 17.7 Å². The Kier molecular flexibility index (Phi) is 7.75. The van der Waals surface area contributed by atoms with E-state index in [1.165, 1.54) is 0 Å². The van der Waals surface area contributed by atoms with Gasteiger partial charge in [0.25, 0.3) is 0 Å². The molecule has 1 amide bonds. The Hall–Kier alpha value is -3.15. The Balaban J connectivity index is 1.82. The second kappa shape index (κ2) is 10.3. The minimum Gasteiger partial charge on any atom is -0.497 e. The maximum atomic E-state index is 12.2. The summed E-state index contributed by atoms with van der Waals surface area (Å²) in [5, 5.41) is 12.0. The summed E-state index contributed by atoms with van der Waals surface area (Å²) in [5.41, 5.74) is 2.48. The maximum Gasteiger partial charge on any atom is 0.308 e. The van der Waals surface area contributed by atoms with Gasteiger partial charge in [-0.05, 0) is 43.2 Å². The predicted octanol–water partition coefficient (Wildman–Crippen LogP) is 3.03. The molecule has 0 heterocycles. The third kappa shape index (κ3) is 6.54. The van der Waals surface area contributed by atoms with Crippen LogP contribution >= 0.6 is 0 Å². The van der Waals surface area contributed by atoms with Gasteiger partial charge in [0.2, 0.25) is 5.91 Å². The number of Topliss-reactive ketones (excluding diaryl/α,β-unsaturated/α-hetero) is 1. The smallest absolute Gasteiger partial charge is 0.308 e. The molecule has 2 N–H and O–H groups in total. The Morgan fingerprint density at radius 1 is 1.07 bits per heavy atom. The molecule has 1 atom stereocenters. The summed E-state index contributed by atoms with van der Waals surface area (Å²) in [4.78, 5) is 35.7. The van der Waals surface area contributed by atoms with Crippen LogP contribution in [0.1, 0.15) is 34.3 Å². The first-order chi connectivity index (χ1) is 13.4. The quantitative estimate of drug-likeness (QED) is 0.615. The van der Waals surface area contributed by atoms with Gasteiger partial charge in [0.15, 0.2) is 5.78 Å². The molecule has 2 aromatic carbocycles. The summed E-state index contributed by atoms with van der Waals surface area (Å²) in [6.07, 6.45) is 0.414. The predicted molar refractivity (Wildman–Crippen MR) is 106 cm³/mol. The number of carbonyl (C=O) groups is 3. The Labute approximate surface area is 164 Å². The summed E-state index contributed by atoms with van der Waals surface area (Å²) in [6, 6.07) is 14.3. The fourth-order valence-electron chi connectivity index (χ4n) is 2.84. The summed E-state index contributed by atoms with van der Waals surface area (Å²) in [7, 11) is 1.55. The minimum absolute atomic E-state index is 0.0155. The molecule has 0 radical (unpaired) electrons. The van der Waals surface area contributed by atoms with Gasteiger partial charge in [-0.2, -0.15) is 0 Å². The van der Waals surface area contributed by atoms with Gasteiger partial charge in [-0.15, -0.1) is 0 Å². The average Bonchev–Trinajstić information content (AvgIpc) is 2.69. The number of carbonyl (C=O) groups excluding carboxylic acids is 2. The van der Waals surface area contributed by atoms with Crippen LogP contribution in [0.25, 0.3) is 0 Å². The first-order valence-electron chi connectivity index (χ1n) is 9.11. The van der Waals surface area contributed by atoms with Crippen LogP contribution < -0.4 is 10.1 Å². The molecule has 0 aliphatic heterocycles. The van der Waals surface area contributed by atoms with Crippen molar-refractivity contribution in [2.75, 3.05) is 13.7 Å². The molecule has 28 heavy (non-hydrogen) atoms. The van der Waals surface area contributed by atoms with Crippen molar-refractivity contribution < 1.29 is 24.2 Å². The topological polar surface area (TPSA) is 92.7 Å². The number of ether oxygens (including phenoxy) is 1. The Morgan fingerprint density at radius 3 is 2.39 bits per heavy atom. The number of hydrogen-bond acceptors (Lipinski definition) is 4. The molecule has 2 aromatic rings. The first-order valence-corrected chi connectivity index (χ1v) is 9.11. The number of hydrogen-bond donors (Lipinski definition) is 2. The highest BCUT2D eigenvalue weighted by Gasteiger charge is 2.19. The van der Waals surface area contributed by atoms with E-state index >= 15 is 0 Å². The number of nitrogens with one attached hydrogen (secondary N) is 1. The van der Waals surface area contributed by atoms with E-state index in [9.17, 15) is 19.5 Å². The molecule has 0 aliphatic carbocycles. The zero-order valence-electron chi connectivity index (χ0n) is 16.1. The molecule has 2 rings (SSSR count). The molecule has 1 unspecified atom stereocenters. The minimum atomic E-state index is -0.962. The number of carboxylic acid groups (broad SMARTS) is 1. The molecular weight excluding hydrogens is 358 g/mol. The van der Waals surface area contributed by atoms with Crippen LogP contribution in [0.15, 0.2) is 48.5 Å². The number of amides is 1. The van der Waals surface area contributed by atoms with Gasteiger partial charge in [0, 0.05) is 24.9 Å². The second-order valence-electron chi connectivity index (χ2n) is 6.68. The van der Waals surface area contributed by atoms with Crippen LogP contribution in [0.2, 0.25) is 0 Å². The number of carboxylic acids is 1. The van der Waals surface area contributed by atoms with E-state index < -0.39 is 11.9 Å². The standard InChI is InChI=1S/C22H25NO5/c1-15-4-3-5-16(12-15)13-18(22(26)27)14-23-21(25)11-10-20(24)17-6-8-19(28-2)9-7-17/h3-9,12,18H,10-11,13-14H2,1-2H3,(H,23,25)(H,26,27). The van der Waals surface area contributed by atoms with Gasteiger partial charge in [0.1, 0.15) is 5.75 Å². The first kappa shape index (κ1) is 21.2. The van der Waals surface area contributed by atoms with E-state index in [-0.39, 0.29) is 31.1 Å². The van der Waals surface area contributed by atoms with Crippen molar-refractivity contribution in [1.29, 1.82) is 0 Å². The number of aryl methyl sites for hydroxylation is 1. The SMILES string of the molecule is COc1ccc(C(=O)CCC(=O)NCC(Cc2cccc(C)c2)C(=O)O)cc1. The van der Waals surface area contributed by atoms with Crippen molar-refractivity contribution in [2.45, 2.75) is 26.2 Å². The molecule has 0 saturated heterocycles. The number of rotatable bonds is 10. The van der Waals surface area contributed by atoms with Gasteiger partial charge in [-0.3, -0.25) is 14.4 Å². The maximum absolute atomic E-state index is 12.2. The van der Waals surface area contributed by atoms with Crippen LogP contribution in [0.5, 0.6) is 5.75 Å². The van der Waals surface area contributed by atoms with E-state index in [1.54, 1.807) is 31.4 Å². The highest BCUT2D eigenvalue weighted by molar-refractivity contribution is 5.98. The van der Waals surface area contributed by atoms with Gasteiger partial charge in [0.05, 0.1) is 13.0 Å². The third-order valence-corrected chi connectivity index (χ3v) is 4.45. The molecule has 6 nitrogen and oxygen atoms in total. The Morgan fingerprint density at radius 2 is 1.79 bits per heavy atom. The molecule has 0 aliphatic rings. The van der Waals surface area contributed by atoms with Crippen molar-refractivity contribution >= 4 is 17.7 Å². The molecular formula is C22H25NO5. The van der Waals surface area contributed by atoms with Crippen molar-refractivity contribution in [3.63, 3.8) is 0 Å². The molecule has 0 spiro atoms. The zero-order chi connectivity index (χ0) is 20.5. The number of methoxy groups -OCH3 is 1. The Bertz CT molecular complexity index is 829. The van der Waals surface area contributed by atoms with E-state index in [2.05, 4.69) is 5.32 Å². The third-order valence-electron chi connectivity index (χ3n) is 4.45. The fourth-order valence-corrected chi connectivity index (χ4v) is 2.84. The molecule has 0 bridgehead atoms. The van der Waals surface area contributed by atoms with E-state index in [4.69, 9.17) is 4.74 Å². The lowest BCUT2D eigenvalue weighted by atomic mass is 9.98. The lowest BCUT2D eigenvalue weighted by Crippen LogP contribution is -2.34. The summed E-state index contributed by atoms with van der Waals surface area (Å²) in [6.45, 7) is 1.97. The highest BCUT2D eigenvalue weighted by atomic mass is 16.5. The largest absolute Gasteiger partial charge is 0.497 e. The van der Waals surface area contributed by atoms with Crippen LogP contribution in [0, 0.1) is 12.8 Å². The van der Waals surface area contributed by atoms with Gasteiger partial charge < -0.3 is 15.2 Å². The zero-order valence-corrected chi connectivity index (χ0v) is 16.1.